The fourth-order valence-electron chi connectivity index (χ4n) is 0.500. The molecule has 0 aromatic heterocycles. The molecule has 4 heteroatoms. The van der Waals surface area contributed by atoms with Crippen molar-refractivity contribution in [2.45, 2.75) is 0 Å². The van der Waals surface area contributed by atoms with Crippen LogP contribution in [0.4, 0.5) is 0 Å². The third kappa shape index (κ3) is 16.2. The van der Waals surface area contributed by atoms with Gasteiger partial charge in [0.1, 0.15) is 13.1 Å². The lowest BCUT2D eigenvalue weighted by Crippen LogP contribution is -3.14. The summed E-state index contributed by atoms with van der Waals surface area (Å²) in [5.41, 5.74) is 0. The number of likely N-dealkylation sites (N-methyl/N-ethyl adjacent to an activating group) is 2. The standard InChI is InChI=1S/C6H16N2.2HI/c1-7(2)5-6-8(3)4;;/h5-6H2,1-4H3;2*1H. The van der Waals surface area contributed by atoms with Gasteiger partial charge in [0.25, 0.3) is 0 Å². The Hall–Kier alpha value is 1.38. The Kier molecular flexibility index (Phi) is 18.1. The van der Waals surface area contributed by atoms with E-state index in [1.54, 1.807) is 0 Å². The van der Waals surface area contributed by atoms with Gasteiger partial charge >= 0.3 is 0 Å². The highest BCUT2D eigenvalue weighted by molar-refractivity contribution is 4.13. The maximum Gasteiger partial charge on any atom is 0.126 e. The second-order valence-electron chi connectivity index (χ2n) is 2.91. The van der Waals surface area contributed by atoms with Crippen molar-refractivity contribution in [1.29, 1.82) is 0 Å². The lowest BCUT2D eigenvalue weighted by atomic mass is 10.5. The summed E-state index contributed by atoms with van der Waals surface area (Å²) in [6.07, 6.45) is 0. The highest BCUT2D eigenvalue weighted by atomic mass is 127. The van der Waals surface area contributed by atoms with E-state index in [9.17, 15) is 0 Å². The Labute approximate surface area is 98.4 Å². The van der Waals surface area contributed by atoms with Crippen molar-refractivity contribution >= 4 is 0 Å². The van der Waals surface area contributed by atoms with Crippen LogP contribution in [0.15, 0.2) is 0 Å². The van der Waals surface area contributed by atoms with Crippen molar-refractivity contribution in [3.63, 3.8) is 0 Å². The molecule has 0 radical (unpaired) electrons. The zero-order valence-corrected chi connectivity index (χ0v) is 11.5. The number of nitrogens with one attached hydrogen (secondary N) is 2. The monoisotopic (exact) mass is 372 g/mol. The third-order valence-electron chi connectivity index (χ3n) is 1.12. The summed E-state index contributed by atoms with van der Waals surface area (Å²) in [5.74, 6) is 0. The van der Waals surface area contributed by atoms with Crippen LogP contribution in [0.1, 0.15) is 0 Å². The zero-order valence-electron chi connectivity index (χ0n) is 7.17. The van der Waals surface area contributed by atoms with Crippen molar-refractivity contribution in [1.82, 2.24) is 0 Å². The Morgan fingerprint density at radius 1 is 0.700 bits per heavy atom. The van der Waals surface area contributed by atoms with E-state index in [-0.39, 0.29) is 48.0 Å². The van der Waals surface area contributed by atoms with Crippen LogP contribution in [0.3, 0.4) is 0 Å². The molecule has 0 aromatic carbocycles. The summed E-state index contributed by atoms with van der Waals surface area (Å²) in [5, 5.41) is 0. The Bertz CT molecular complexity index is 49.7. The fraction of sp³-hybridized carbons (Fsp3) is 1.00. The van der Waals surface area contributed by atoms with E-state index in [2.05, 4.69) is 28.2 Å². The minimum Gasteiger partial charge on any atom is -1.00 e. The maximum atomic E-state index is 2.18. The Morgan fingerprint density at radius 3 is 1.00 bits per heavy atom. The summed E-state index contributed by atoms with van der Waals surface area (Å²) >= 11 is 0. The zero-order chi connectivity index (χ0) is 6.57. The van der Waals surface area contributed by atoms with Gasteiger partial charge in [0, 0.05) is 0 Å². The van der Waals surface area contributed by atoms with E-state index >= 15 is 0 Å². The van der Waals surface area contributed by atoms with Crippen molar-refractivity contribution in [3.05, 3.63) is 0 Å². The normalized spacial score (nSPS) is 9.00. The molecule has 0 spiro atoms. The van der Waals surface area contributed by atoms with Crippen LogP contribution in [0, 0.1) is 0 Å². The first-order chi connectivity index (χ1) is 3.63. The summed E-state index contributed by atoms with van der Waals surface area (Å²) in [6, 6.07) is 0. The van der Waals surface area contributed by atoms with Crippen LogP contribution in [0.5, 0.6) is 0 Å². The molecule has 0 fully saturated rings. The van der Waals surface area contributed by atoms with Gasteiger partial charge in [-0.1, -0.05) is 0 Å². The molecule has 0 heterocycles. The molecule has 2 nitrogen and oxygen atoms in total. The fourth-order valence-corrected chi connectivity index (χ4v) is 0.500. The van der Waals surface area contributed by atoms with Crippen LogP contribution in [0.25, 0.3) is 0 Å². The molecule has 10 heavy (non-hydrogen) atoms. The number of halogens is 2. The molecule has 66 valence electrons. The number of rotatable bonds is 3. The summed E-state index contributed by atoms with van der Waals surface area (Å²) < 4.78 is 0. The topological polar surface area (TPSA) is 8.88 Å². The van der Waals surface area contributed by atoms with Crippen LogP contribution in [-0.4, -0.2) is 41.3 Å². The van der Waals surface area contributed by atoms with Crippen molar-refractivity contribution in [2.75, 3.05) is 41.3 Å². The molecule has 0 aliphatic rings. The van der Waals surface area contributed by atoms with Crippen molar-refractivity contribution in [2.24, 2.45) is 0 Å². The van der Waals surface area contributed by atoms with Gasteiger partial charge in [-0.2, -0.15) is 0 Å². The van der Waals surface area contributed by atoms with E-state index in [1.165, 1.54) is 22.9 Å². The Morgan fingerprint density at radius 2 is 0.900 bits per heavy atom. The van der Waals surface area contributed by atoms with E-state index in [1.807, 2.05) is 0 Å². The van der Waals surface area contributed by atoms with E-state index in [0.717, 1.165) is 0 Å². The van der Waals surface area contributed by atoms with E-state index in [0.29, 0.717) is 0 Å². The van der Waals surface area contributed by atoms with Gasteiger partial charge in [-0.25, -0.2) is 0 Å². The molecule has 0 saturated carbocycles. The first kappa shape index (κ1) is 17.5. The molecule has 0 rings (SSSR count). The molecule has 0 bridgehead atoms. The summed E-state index contributed by atoms with van der Waals surface area (Å²) in [4.78, 5) is 3.07. The summed E-state index contributed by atoms with van der Waals surface area (Å²) in [7, 11) is 8.73. The minimum atomic E-state index is 0. The predicted molar refractivity (Wildman–Crippen MR) is 35.4 cm³/mol. The lowest BCUT2D eigenvalue weighted by molar-refractivity contribution is -0.918. The van der Waals surface area contributed by atoms with Gasteiger partial charge in [-0.05, 0) is 0 Å². The molecule has 0 aliphatic carbocycles. The van der Waals surface area contributed by atoms with Crippen LogP contribution in [-0.2, 0) is 0 Å². The maximum absolute atomic E-state index is 2.18. The van der Waals surface area contributed by atoms with E-state index in [4.69, 9.17) is 0 Å². The average molecular weight is 372 g/mol. The molecule has 0 saturated heterocycles. The molecule has 0 aromatic rings. The minimum absolute atomic E-state index is 0. The van der Waals surface area contributed by atoms with Gasteiger partial charge in [0.2, 0.25) is 0 Å². The molecule has 0 atom stereocenters. The molecule has 0 amide bonds. The van der Waals surface area contributed by atoms with Gasteiger partial charge < -0.3 is 57.8 Å². The lowest BCUT2D eigenvalue weighted by Gasteiger charge is -2.09. The second kappa shape index (κ2) is 10.4. The number of quaternary nitrogens is 2. The Balaban J connectivity index is -0.000000245. The smallest absolute Gasteiger partial charge is 0.126 e. The highest BCUT2D eigenvalue weighted by Gasteiger charge is 1.95. The van der Waals surface area contributed by atoms with E-state index < -0.39 is 0 Å². The molecular formula is C6H18I2N2. The summed E-state index contributed by atoms with van der Waals surface area (Å²) in [6.45, 7) is 2.53. The first-order valence-electron chi connectivity index (χ1n) is 3.21. The number of hydrogen-bond donors (Lipinski definition) is 2. The number of hydrogen-bond acceptors (Lipinski definition) is 0. The highest BCUT2D eigenvalue weighted by Crippen LogP contribution is 1.32. The molecule has 0 aliphatic heterocycles. The van der Waals surface area contributed by atoms with Crippen LogP contribution >= 0.6 is 0 Å². The average Bonchev–Trinajstić information content (AvgIpc) is 1.61. The third-order valence-corrected chi connectivity index (χ3v) is 1.12. The van der Waals surface area contributed by atoms with Crippen LogP contribution < -0.4 is 57.8 Å². The van der Waals surface area contributed by atoms with Crippen molar-refractivity contribution < 1.29 is 57.8 Å². The molecular weight excluding hydrogens is 354 g/mol. The van der Waals surface area contributed by atoms with Gasteiger partial charge in [-0.3, -0.25) is 0 Å². The molecule has 2 N–H and O–H groups in total. The largest absolute Gasteiger partial charge is 1.00 e. The SMILES string of the molecule is C[NH+](C)CC[NH+](C)C.[I-].[I-]. The quantitative estimate of drug-likeness (QED) is 0.456. The second-order valence-corrected chi connectivity index (χ2v) is 2.91. The first-order valence-corrected chi connectivity index (χ1v) is 3.21. The van der Waals surface area contributed by atoms with Crippen LogP contribution in [0.2, 0.25) is 0 Å². The van der Waals surface area contributed by atoms with Gasteiger partial charge in [0.05, 0.1) is 28.2 Å². The predicted octanol–water partition coefficient (Wildman–Crippen LogP) is -8.72. The van der Waals surface area contributed by atoms with Gasteiger partial charge in [0.15, 0.2) is 0 Å². The van der Waals surface area contributed by atoms with Gasteiger partial charge in [-0.15, -0.1) is 0 Å². The molecule has 0 unspecified atom stereocenters. The van der Waals surface area contributed by atoms with Crippen molar-refractivity contribution in [3.8, 4) is 0 Å².